The average Bonchev–Trinajstić information content (AvgIpc) is 1.86. The fourth-order valence-electron chi connectivity index (χ4n) is 0.295. The number of nitrogens with zero attached hydrogens (tertiary/aromatic N) is 1. The highest BCUT2D eigenvalue weighted by atomic mass is 28.1. The Balaban J connectivity index is 3.05. The Morgan fingerprint density at radius 2 is 2.67 bits per heavy atom. The number of oxazole rings is 1. The van der Waals surface area contributed by atoms with Crippen LogP contribution in [-0.4, -0.2) is 15.2 Å². The molecule has 3 heteroatoms. The summed E-state index contributed by atoms with van der Waals surface area (Å²) in [5.74, 6) is 0. The molecule has 6 heavy (non-hydrogen) atoms. The average molecular weight is 99.2 g/mol. The predicted octanol–water partition coefficient (Wildman–Crippen LogP) is -1.33. The summed E-state index contributed by atoms with van der Waals surface area (Å²) in [6.45, 7) is 0. The van der Waals surface area contributed by atoms with Crippen molar-refractivity contribution in [1.29, 1.82) is 0 Å². The maximum Gasteiger partial charge on any atom is 0.154 e. The summed E-state index contributed by atoms with van der Waals surface area (Å²) in [6, 6.07) is 0. The second-order valence-corrected chi connectivity index (χ2v) is 1.91. The summed E-state index contributed by atoms with van der Waals surface area (Å²) in [5.41, 5.74) is 0.856. The van der Waals surface area contributed by atoms with Gasteiger partial charge in [0.15, 0.2) is 5.51 Å². The third kappa shape index (κ3) is 0.489. The lowest BCUT2D eigenvalue weighted by Crippen LogP contribution is -1.98. The zero-order valence-corrected chi connectivity index (χ0v) is 5.51. The first-order chi connectivity index (χ1) is 2.89. The van der Waals surface area contributed by atoms with Crippen LogP contribution < -0.4 is 5.51 Å². The first kappa shape index (κ1) is 3.61. The van der Waals surface area contributed by atoms with E-state index in [2.05, 4.69) is 4.98 Å². The van der Waals surface area contributed by atoms with E-state index >= 15 is 0 Å². The van der Waals surface area contributed by atoms with Crippen molar-refractivity contribution >= 4 is 15.8 Å². The Morgan fingerprint density at radius 3 is 2.83 bits per heavy atom. The molecule has 0 unspecified atom stereocenters. The van der Waals surface area contributed by atoms with Crippen LogP contribution >= 0.6 is 0 Å². The lowest BCUT2D eigenvalue weighted by Gasteiger charge is -1.67. The first-order valence-electron chi connectivity index (χ1n) is 1.75. The van der Waals surface area contributed by atoms with Crippen molar-refractivity contribution in [2.45, 2.75) is 0 Å². The van der Waals surface area contributed by atoms with Crippen molar-refractivity contribution in [3.8, 4) is 0 Å². The molecule has 0 aliphatic rings. The fraction of sp³-hybridized carbons (Fsp3) is 0. The third-order valence-electron chi connectivity index (χ3n) is 0.556. The quantitative estimate of drug-likeness (QED) is 0.376. The Morgan fingerprint density at radius 1 is 1.83 bits per heavy atom. The van der Waals surface area contributed by atoms with Crippen molar-refractivity contribution in [2.75, 3.05) is 0 Å². The molecule has 1 aromatic rings. The van der Waals surface area contributed by atoms with E-state index in [9.17, 15) is 0 Å². The summed E-state index contributed by atoms with van der Waals surface area (Å²) in [7, 11) is 0.918. The molecular formula is C3H5NOSi. The largest absolute Gasteiger partial charge is 0.455 e. The van der Waals surface area contributed by atoms with Gasteiger partial charge in [-0.25, -0.2) is 4.98 Å². The molecule has 0 bridgehead atoms. The van der Waals surface area contributed by atoms with Crippen LogP contribution in [0.1, 0.15) is 0 Å². The summed E-state index contributed by atoms with van der Waals surface area (Å²) in [6.07, 6.45) is 3.24. The van der Waals surface area contributed by atoms with Gasteiger partial charge >= 0.3 is 0 Å². The normalized spacial score (nSPS) is 9.33. The van der Waals surface area contributed by atoms with E-state index in [1.54, 1.807) is 12.5 Å². The minimum absolute atomic E-state index is 0.856. The third-order valence-corrected chi connectivity index (χ3v) is 1.05. The van der Waals surface area contributed by atoms with Crippen LogP contribution in [0.3, 0.4) is 0 Å². The molecule has 0 saturated heterocycles. The smallest absolute Gasteiger partial charge is 0.154 e. The summed E-state index contributed by atoms with van der Waals surface area (Å²) >= 11 is 0. The maximum atomic E-state index is 4.78. The van der Waals surface area contributed by atoms with Crippen LogP contribution in [0.5, 0.6) is 0 Å². The maximum absolute atomic E-state index is 4.78. The molecule has 0 aliphatic carbocycles. The molecule has 32 valence electrons. The Labute approximate surface area is 38.6 Å². The molecule has 0 radical (unpaired) electrons. The highest BCUT2D eigenvalue weighted by Crippen LogP contribution is 1.68. The molecule has 2 nitrogen and oxygen atoms in total. The minimum Gasteiger partial charge on any atom is -0.455 e. The van der Waals surface area contributed by atoms with Crippen LogP contribution in [-0.2, 0) is 0 Å². The standard InChI is InChI=1S/C3H5NOSi/c6-3-4-1-2-5-3/h1-2H,6H3. The molecule has 0 amide bonds. The molecule has 1 aromatic heterocycles. The Kier molecular flexibility index (Phi) is 0.758. The van der Waals surface area contributed by atoms with Gasteiger partial charge in [0.05, 0.1) is 6.20 Å². The van der Waals surface area contributed by atoms with E-state index in [1.165, 1.54) is 0 Å². The zero-order valence-electron chi connectivity index (χ0n) is 3.51. The van der Waals surface area contributed by atoms with Gasteiger partial charge in [0.25, 0.3) is 0 Å². The monoisotopic (exact) mass is 99.0 g/mol. The van der Waals surface area contributed by atoms with Crippen LogP contribution in [0.2, 0.25) is 0 Å². The predicted molar refractivity (Wildman–Crippen MR) is 26.1 cm³/mol. The van der Waals surface area contributed by atoms with Crippen molar-refractivity contribution in [1.82, 2.24) is 4.98 Å². The van der Waals surface area contributed by atoms with E-state index in [1.807, 2.05) is 0 Å². The lowest BCUT2D eigenvalue weighted by molar-refractivity contribution is 0.596. The molecule has 1 heterocycles. The number of rotatable bonds is 0. The van der Waals surface area contributed by atoms with E-state index in [4.69, 9.17) is 4.42 Å². The molecule has 0 saturated carbocycles. The number of aromatic nitrogens is 1. The van der Waals surface area contributed by atoms with Gasteiger partial charge in [-0.3, -0.25) is 0 Å². The summed E-state index contributed by atoms with van der Waals surface area (Å²) in [4.78, 5) is 3.81. The highest BCUT2D eigenvalue weighted by molar-refractivity contribution is 6.28. The molecule has 0 aliphatic heterocycles. The topological polar surface area (TPSA) is 26.0 Å². The van der Waals surface area contributed by atoms with Gasteiger partial charge in [0.2, 0.25) is 0 Å². The molecule has 0 atom stereocenters. The molecule has 0 spiro atoms. The van der Waals surface area contributed by atoms with E-state index in [0.29, 0.717) is 0 Å². The van der Waals surface area contributed by atoms with E-state index in [-0.39, 0.29) is 0 Å². The van der Waals surface area contributed by atoms with Gasteiger partial charge in [0.1, 0.15) is 16.5 Å². The van der Waals surface area contributed by atoms with Gasteiger partial charge in [-0.05, 0) is 0 Å². The van der Waals surface area contributed by atoms with E-state index < -0.39 is 0 Å². The molecule has 0 aromatic carbocycles. The number of hydrogen-bond donors (Lipinski definition) is 0. The van der Waals surface area contributed by atoms with Crippen molar-refractivity contribution in [3.05, 3.63) is 12.5 Å². The van der Waals surface area contributed by atoms with Crippen molar-refractivity contribution < 1.29 is 4.42 Å². The van der Waals surface area contributed by atoms with Crippen molar-refractivity contribution in [3.63, 3.8) is 0 Å². The van der Waals surface area contributed by atoms with Gasteiger partial charge in [-0.2, -0.15) is 0 Å². The van der Waals surface area contributed by atoms with Crippen LogP contribution in [0.25, 0.3) is 0 Å². The lowest BCUT2D eigenvalue weighted by atomic mass is 11.0. The SMILES string of the molecule is [SiH3]c1ncco1. The van der Waals surface area contributed by atoms with Gasteiger partial charge in [-0.1, -0.05) is 0 Å². The van der Waals surface area contributed by atoms with E-state index in [0.717, 1.165) is 15.8 Å². The fourth-order valence-corrected chi connectivity index (χ4v) is 0.580. The molecular weight excluding hydrogens is 94.1 g/mol. The summed E-state index contributed by atoms with van der Waals surface area (Å²) < 4.78 is 4.78. The van der Waals surface area contributed by atoms with Crippen molar-refractivity contribution in [2.24, 2.45) is 0 Å². The first-order valence-corrected chi connectivity index (χ1v) is 2.75. The molecule has 0 fully saturated rings. The minimum atomic E-state index is 0.856. The van der Waals surface area contributed by atoms with Gasteiger partial charge in [-0.15, -0.1) is 0 Å². The van der Waals surface area contributed by atoms with Gasteiger partial charge in [0, 0.05) is 0 Å². The van der Waals surface area contributed by atoms with Crippen LogP contribution in [0.4, 0.5) is 0 Å². The summed E-state index contributed by atoms with van der Waals surface area (Å²) in [5, 5.41) is 0. The Hall–Kier alpha value is -0.573. The molecule has 1 rings (SSSR count). The van der Waals surface area contributed by atoms with Gasteiger partial charge < -0.3 is 4.42 Å². The molecule has 0 N–H and O–H groups in total. The number of hydrogen-bond acceptors (Lipinski definition) is 2. The van der Waals surface area contributed by atoms with Crippen LogP contribution in [0.15, 0.2) is 16.9 Å². The Bertz CT molecular complexity index is 114. The second-order valence-electron chi connectivity index (χ2n) is 1.05. The highest BCUT2D eigenvalue weighted by Gasteiger charge is 1.77. The van der Waals surface area contributed by atoms with Crippen LogP contribution in [0, 0.1) is 0 Å². The second kappa shape index (κ2) is 1.26. The zero-order chi connectivity index (χ0) is 4.41.